The Hall–Kier alpha value is -1.67. The first-order valence-corrected chi connectivity index (χ1v) is 7.77. The Morgan fingerprint density at radius 2 is 2.27 bits per heavy atom. The number of nitrogens with zero attached hydrogens (tertiary/aromatic N) is 1. The van der Waals surface area contributed by atoms with E-state index in [2.05, 4.69) is 10.3 Å². The molecule has 22 heavy (non-hydrogen) atoms. The molecular weight excluding hydrogens is 326 g/mol. The van der Waals surface area contributed by atoms with Gasteiger partial charge in [0.2, 0.25) is 0 Å². The van der Waals surface area contributed by atoms with Crippen LogP contribution in [0.5, 0.6) is 5.75 Å². The molecule has 0 aliphatic carbocycles. The summed E-state index contributed by atoms with van der Waals surface area (Å²) in [6, 6.07) is 5.13. The van der Waals surface area contributed by atoms with Gasteiger partial charge in [-0.2, -0.15) is 0 Å². The molecule has 2 aromatic rings. The highest BCUT2D eigenvalue weighted by molar-refractivity contribution is 7.09. The van der Waals surface area contributed by atoms with Crippen molar-refractivity contribution in [3.8, 4) is 5.75 Å². The first-order valence-electron chi connectivity index (χ1n) is 6.51. The fourth-order valence-electron chi connectivity index (χ4n) is 1.68. The minimum absolute atomic E-state index is 0.306. The van der Waals surface area contributed by atoms with Gasteiger partial charge in [0.25, 0.3) is 5.91 Å². The maximum Gasteiger partial charge on any atom is 0.275 e. The van der Waals surface area contributed by atoms with Gasteiger partial charge in [0.15, 0.2) is 5.75 Å². The lowest BCUT2D eigenvalue weighted by Gasteiger charge is -2.13. The van der Waals surface area contributed by atoms with Crippen molar-refractivity contribution >= 4 is 34.5 Å². The molecule has 1 amide bonds. The van der Waals surface area contributed by atoms with E-state index < -0.39 is 0 Å². The van der Waals surface area contributed by atoms with E-state index in [-0.39, 0.29) is 5.91 Å². The van der Waals surface area contributed by atoms with Gasteiger partial charge in [0, 0.05) is 19.0 Å². The van der Waals surface area contributed by atoms with E-state index in [1.165, 1.54) is 11.3 Å². The first-order chi connectivity index (χ1) is 10.7. The number of carbonyl (C=O) groups is 1. The summed E-state index contributed by atoms with van der Waals surface area (Å²) in [7, 11) is 1.58. The summed E-state index contributed by atoms with van der Waals surface area (Å²) in [6.07, 6.45) is 0. The fraction of sp³-hybridized carbons (Fsp3) is 0.286. The number of aromatic nitrogens is 1. The molecule has 2 rings (SSSR count). The lowest BCUT2D eigenvalue weighted by molar-refractivity contribution is 0.102. The third kappa shape index (κ3) is 4.17. The van der Waals surface area contributed by atoms with Crippen LogP contribution in [0, 0.1) is 0 Å². The van der Waals surface area contributed by atoms with Crippen LogP contribution in [0.1, 0.15) is 15.5 Å². The normalized spacial score (nSPS) is 10.5. The number of rotatable bonds is 7. The van der Waals surface area contributed by atoms with Crippen molar-refractivity contribution in [2.24, 2.45) is 5.73 Å². The van der Waals surface area contributed by atoms with Crippen LogP contribution in [0.25, 0.3) is 0 Å². The second kappa shape index (κ2) is 8.09. The Morgan fingerprint density at radius 3 is 2.95 bits per heavy atom. The maximum absolute atomic E-state index is 12.2. The van der Waals surface area contributed by atoms with Crippen LogP contribution in [-0.2, 0) is 11.3 Å². The molecule has 8 heteroatoms. The van der Waals surface area contributed by atoms with E-state index >= 15 is 0 Å². The predicted molar refractivity (Wildman–Crippen MR) is 86.8 cm³/mol. The standard InChI is InChI=1S/C14H16ClN3O3S/c1-20-5-6-21-13-9(15)3-2-4-10(13)18-14(19)11-8-22-12(7-16)17-11/h2-4,8H,5-7,16H2,1H3,(H,18,19). The molecule has 1 aromatic heterocycles. The van der Waals surface area contributed by atoms with Crippen LogP contribution in [0.15, 0.2) is 23.6 Å². The van der Waals surface area contributed by atoms with Crippen molar-refractivity contribution in [1.82, 2.24) is 4.98 Å². The highest BCUT2D eigenvalue weighted by atomic mass is 35.5. The number of nitrogens with two attached hydrogens (primary N) is 1. The average Bonchev–Trinajstić information content (AvgIpc) is 2.99. The molecule has 0 saturated carbocycles. The van der Waals surface area contributed by atoms with Gasteiger partial charge in [0.1, 0.15) is 17.3 Å². The van der Waals surface area contributed by atoms with Crippen LogP contribution in [0.4, 0.5) is 5.69 Å². The number of carbonyl (C=O) groups excluding carboxylic acids is 1. The summed E-state index contributed by atoms with van der Waals surface area (Å²) in [6.45, 7) is 1.06. The van der Waals surface area contributed by atoms with E-state index in [4.69, 9.17) is 26.8 Å². The number of methoxy groups -OCH3 is 1. The predicted octanol–water partition coefficient (Wildman–Crippen LogP) is 2.53. The summed E-state index contributed by atoms with van der Waals surface area (Å²) < 4.78 is 10.5. The largest absolute Gasteiger partial charge is 0.487 e. The quantitative estimate of drug-likeness (QED) is 0.756. The Bertz CT molecular complexity index is 648. The van der Waals surface area contributed by atoms with E-state index in [0.717, 1.165) is 0 Å². The summed E-state index contributed by atoms with van der Waals surface area (Å²) >= 11 is 7.46. The minimum Gasteiger partial charge on any atom is -0.487 e. The zero-order valence-electron chi connectivity index (χ0n) is 12.0. The monoisotopic (exact) mass is 341 g/mol. The number of benzene rings is 1. The van der Waals surface area contributed by atoms with Gasteiger partial charge in [-0.05, 0) is 12.1 Å². The Kier molecular flexibility index (Phi) is 6.14. The third-order valence-electron chi connectivity index (χ3n) is 2.71. The first kappa shape index (κ1) is 16.7. The van der Waals surface area contributed by atoms with Crippen molar-refractivity contribution < 1.29 is 14.3 Å². The molecule has 0 spiro atoms. The summed E-state index contributed by atoms with van der Waals surface area (Å²) in [5.74, 6) is 0.0682. The highest BCUT2D eigenvalue weighted by Crippen LogP contribution is 2.33. The van der Waals surface area contributed by atoms with Crippen LogP contribution < -0.4 is 15.8 Å². The van der Waals surface area contributed by atoms with E-state index in [1.807, 2.05) is 0 Å². The molecule has 0 fully saturated rings. The van der Waals surface area contributed by atoms with Gasteiger partial charge < -0.3 is 20.5 Å². The maximum atomic E-state index is 12.2. The summed E-state index contributed by atoms with van der Waals surface area (Å²) in [4.78, 5) is 16.3. The van der Waals surface area contributed by atoms with Crippen molar-refractivity contribution in [3.05, 3.63) is 39.3 Å². The number of thiazole rings is 1. The number of para-hydroxylation sites is 1. The van der Waals surface area contributed by atoms with Crippen molar-refractivity contribution in [2.75, 3.05) is 25.6 Å². The van der Waals surface area contributed by atoms with Crippen molar-refractivity contribution in [1.29, 1.82) is 0 Å². The number of nitrogens with one attached hydrogen (secondary N) is 1. The number of anilines is 1. The molecule has 6 nitrogen and oxygen atoms in total. The number of hydrogen-bond acceptors (Lipinski definition) is 6. The molecule has 0 radical (unpaired) electrons. The highest BCUT2D eigenvalue weighted by Gasteiger charge is 2.15. The number of amides is 1. The number of hydrogen-bond donors (Lipinski definition) is 2. The number of halogens is 1. The molecule has 3 N–H and O–H groups in total. The number of ether oxygens (including phenoxy) is 2. The summed E-state index contributed by atoms with van der Waals surface area (Å²) in [5, 5.41) is 5.52. The summed E-state index contributed by atoms with van der Waals surface area (Å²) in [5.41, 5.74) is 6.29. The average molecular weight is 342 g/mol. The van der Waals surface area contributed by atoms with Crippen LogP contribution in [-0.4, -0.2) is 31.2 Å². The van der Waals surface area contributed by atoms with Crippen LogP contribution in [0.3, 0.4) is 0 Å². The van der Waals surface area contributed by atoms with E-state index in [9.17, 15) is 4.79 Å². The fourth-order valence-corrected chi connectivity index (χ4v) is 2.56. The Balaban J connectivity index is 2.14. The lowest BCUT2D eigenvalue weighted by Crippen LogP contribution is -2.14. The molecule has 0 bridgehead atoms. The molecule has 0 saturated heterocycles. The topological polar surface area (TPSA) is 86.5 Å². The van der Waals surface area contributed by atoms with Gasteiger partial charge in [0.05, 0.1) is 17.3 Å². The zero-order valence-corrected chi connectivity index (χ0v) is 13.5. The van der Waals surface area contributed by atoms with E-state index in [1.54, 1.807) is 30.7 Å². The molecular formula is C14H16ClN3O3S. The van der Waals surface area contributed by atoms with Crippen molar-refractivity contribution in [2.45, 2.75) is 6.54 Å². The van der Waals surface area contributed by atoms with Crippen LogP contribution >= 0.6 is 22.9 Å². The van der Waals surface area contributed by atoms with Gasteiger partial charge >= 0.3 is 0 Å². The molecule has 1 heterocycles. The molecule has 0 atom stereocenters. The third-order valence-corrected chi connectivity index (χ3v) is 3.88. The molecule has 1 aromatic carbocycles. The smallest absolute Gasteiger partial charge is 0.275 e. The van der Waals surface area contributed by atoms with Crippen molar-refractivity contribution in [3.63, 3.8) is 0 Å². The van der Waals surface area contributed by atoms with E-state index in [0.29, 0.717) is 46.9 Å². The lowest BCUT2D eigenvalue weighted by atomic mass is 10.2. The van der Waals surface area contributed by atoms with Crippen LogP contribution in [0.2, 0.25) is 5.02 Å². The SMILES string of the molecule is COCCOc1c(Cl)cccc1NC(=O)c1csc(CN)n1. The zero-order chi connectivity index (χ0) is 15.9. The minimum atomic E-state index is -0.338. The second-order valence-corrected chi connectivity index (χ2v) is 5.59. The van der Waals surface area contributed by atoms with Gasteiger partial charge in [-0.25, -0.2) is 4.98 Å². The molecule has 0 unspecified atom stereocenters. The van der Waals surface area contributed by atoms with Gasteiger partial charge in [-0.3, -0.25) is 4.79 Å². The van der Waals surface area contributed by atoms with Gasteiger partial charge in [-0.15, -0.1) is 11.3 Å². The second-order valence-electron chi connectivity index (χ2n) is 4.24. The molecule has 118 valence electrons. The molecule has 0 aliphatic heterocycles. The Morgan fingerprint density at radius 1 is 1.45 bits per heavy atom. The Labute approximate surface area is 137 Å². The van der Waals surface area contributed by atoms with Gasteiger partial charge in [-0.1, -0.05) is 17.7 Å². The molecule has 0 aliphatic rings.